The molecule has 2 unspecified atom stereocenters. The number of nitrogens with zero attached hydrogens (tertiary/aromatic N) is 3. The average Bonchev–Trinajstić information content (AvgIpc) is 3.29. The molecule has 3 aromatic rings. The maximum absolute atomic E-state index is 12.7. The van der Waals surface area contributed by atoms with Crippen LogP contribution in [0.5, 0.6) is 0 Å². The van der Waals surface area contributed by atoms with Crippen molar-refractivity contribution in [2.75, 3.05) is 5.32 Å². The second-order valence-electron chi connectivity index (χ2n) is 7.42. The van der Waals surface area contributed by atoms with Crippen molar-refractivity contribution in [2.45, 2.75) is 52.0 Å². The number of rotatable bonds is 4. The van der Waals surface area contributed by atoms with Gasteiger partial charge in [-0.3, -0.25) is 9.48 Å². The number of aryl methyl sites for hydroxylation is 1. The number of aromatic nitrogens is 3. The van der Waals surface area contributed by atoms with E-state index in [2.05, 4.69) is 60.6 Å². The van der Waals surface area contributed by atoms with E-state index in [1.54, 1.807) is 6.20 Å². The van der Waals surface area contributed by atoms with Gasteiger partial charge >= 0.3 is 0 Å². The molecule has 0 spiro atoms. The van der Waals surface area contributed by atoms with Crippen LogP contribution in [0.15, 0.2) is 41.2 Å². The van der Waals surface area contributed by atoms with Gasteiger partial charge in [0.05, 0.1) is 17.9 Å². The zero-order valence-electron chi connectivity index (χ0n) is 15.9. The predicted molar refractivity (Wildman–Crippen MR) is 103 cm³/mol. The lowest BCUT2D eigenvalue weighted by Gasteiger charge is -2.15. The second-order valence-corrected chi connectivity index (χ2v) is 7.42. The molecule has 1 aromatic carbocycles. The third kappa shape index (κ3) is 3.39. The maximum Gasteiger partial charge on any atom is 0.278 e. The standard InChI is InChI=1S/C21H24N4O2/c1-13-7-9-16(10-8-13)15(3)25-12-17(11-22-25)23-21(26)19-18-6-4-5-14(2)20(18)27-24-19/h7-12,14-15H,4-6H2,1-3H3,(H,23,26). The molecule has 0 radical (unpaired) electrons. The van der Waals surface area contributed by atoms with Gasteiger partial charge in [0.2, 0.25) is 0 Å². The fourth-order valence-electron chi connectivity index (χ4n) is 3.65. The van der Waals surface area contributed by atoms with Gasteiger partial charge in [0.1, 0.15) is 5.76 Å². The van der Waals surface area contributed by atoms with Crippen LogP contribution in [-0.4, -0.2) is 20.8 Å². The van der Waals surface area contributed by atoms with E-state index >= 15 is 0 Å². The molecule has 0 fully saturated rings. The number of hydrogen-bond acceptors (Lipinski definition) is 4. The van der Waals surface area contributed by atoms with Crippen molar-refractivity contribution in [3.05, 3.63) is 64.8 Å². The lowest BCUT2D eigenvalue weighted by molar-refractivity contribution is 0.101. The molecule has 0 bridgehead atoms. The lowest BCUT2D eigenvalue weighted by Crippen LogP contribution is -2.16. The fraction of sp³-hybridized carbons (Fsp3) is 0.381. The maximum atomic E-state index is 12.7. The topological polar surface area (TPSA) is 73.0 Å². The third-order valence-corrected chi connectivity index (χ3v) is 5.36. The molecule has 0 aliphatic heterocycles. The van der Waals surface area contributed by atoms with E-state index in [-0.39, 0.29) is 11.9 Å². The van der Waals surface area contributed by atoms with Crippen molar-refractivity contribution >= 4 is 11.6 Å². The summed E-state index contributed by atoms with van der Waals surface area (Å²) >= 11 is 0. The Kier molecular flexibility index (Phi) is 4.56. The second kappa shape index (κ2) is 7.02. The molecule has 1 amide bonds. The Morgan fingerprint density at radius 3 is 2.89 bits per heavy atom. The molecule has 0 saturated carbocycles. The van der Waals surface area contributed by atoms with E-state index in [1.807, 2.05) is 10.9 Å². The molecule has 2 atom stereocenters. The largest absolute Gasteiger partial charge is 0.360 e. The third-order valence-electron chi connectivity index (χ3n) is 5.36. The quantitative estimate of drug-likeness (QED) is 0.741. The highest BCUT2D eigenvalue weighted by Crippen LogP contribution is 2.33. The minimum atomic E-state index is -0.239. The summed E-state index contributed by atoms with van der Waals surface area (Å²) in [7, 11) is 0. The molecular weight excluding hydrogens is 340 g/mol. The van der Waals surface area contributed by atoms with Crippen molar-refractivity contribution in [1.82, 2.24) is 14.9 Å². The van der Waals surface area contributed by atoms with E-state index in [0.29, 0.717) is 17.3 Å². The first-order valence-corrected chi connectivity index (χ1v) is 9.43. The molecule has 1 N–H and O–H groups in total. The molecular formula is C21H24N4O2. The normalized spacial score (nSPS) is 17.4. The highest BCUT2D eigenvalue weighted by molar-refractivity contribution is 6.03. The number of anilines is 1. The van der Waals surface area contributed by atoms with Crippen LogP contribution in [0.4, 0.5) is 5.69 Å². The molecule has 27 heavy (non-hydrogen) atoms. The number of benzene rings is 1. The van der Waals surface area contributed by atoms with Gasteiger partial charge in [-0.25, -0.2) is 0 Å². The number of fused-ring (bicyclic) bond motifs is 1. The minimum Gasteiger partial charge on any atom is -0.360 e. The lowest BCUT2D eigenvalue weighted by atomic mass is 9.88. The predicted octanol–water partition coefficient (Wildman–Crippen LogP) is 4.48. The molecule has 4 rings (SSSR count). The molecule has 2 heterocycles. The Morgan fingerprint density at radius 2 is 2.11 bits per heavy atom. The van der Waals surface area contributed by atoms with E-state index < -0.39 is 0 Å². The van der Waals surface area contributed by atoms with Crippen molar-refractivity contribution in [1.29, 1.82) is 0 Å². The number of carbonyl (C=O) groups excluding carboxylic acids is 1. The van der Waals surface area contributed by atoms with E-state index in [9.17, 15) is 4.79 Å². The molecule has 1 aliphatic rings. The molecule has 6 heteroatoms. The number of carbonyl (C=O) groups is 1. The van der Waals surface area contributed by atoms with Crippen LogP contribution < -0.4 is 5.32 Å². The Labute approximate surface area is 158 Å². The zero-order chi connectivity index (χ0) is 19.0. The van der Waals surface area contributed by atoms with E-state index in [1.165, 1.54) is 11.1 Å². The van der Waals surface area contributed by atoms with Gasteiger partial charge < -0.3 is 9.84 Å². The molecule has 140 valence electrons. The van der Waals surface area contributed by atoms with Gasteiger partial charge in [0.25, 0.3) is 5.91 Å². The first-order valence-electron chi connectivity index (χ1n) is 9.43. The monoisotopic (exact) mass is 364 g/mol. The highest BCUT2D eigenvalue weighted by atomic mass is 16.5. The van der Waals surface area contributed by atoms with Crippen molar-refractivity contribution in [3.8, 4) is 0 Å². The summed E-state index contributed by atoms with van der Waals surface area (Å²) in [6.45, 7) is 6.26. The van der Waals surface area contributed by atoms with Crippen LogP contribution in [0.2, 0.25) is 0 Å². The first kappa shape index (κ1) is 17.5. The van der Waals surface area contributed by atoms with Crippen LogP contribution in [0.1, 0.15) is 71.6 Å². The van der Waals surface area contributed by atoms with Crippen molar-refractivity contribution in [3.63, 3.8) is 0 Å². The number of amides is 1. The Bertz CT molecular complexity index is 955. The first-order chi connectivity index (χ1) is 13.0. The van der Waals surface area contributed by atoms with Gasteiger partial charge in [0.15, 0.2) is 5.69 Å². The van der Waals surface area contributed by atoms with Gasteiger partial charge in [-0.2, -0.15) is 5.10 Å². The van der Waals surface area contributed by atoms with Crippen molar-refractivity contribution in [2.24, 2.45) is 0 Å². The summed E-state index contributed by atoms with van der Waals surface area (Å²) in [5.41, 5.74) is 4.40. The summed E-state index contributed by atoms with van der Waals surface area (Å²) in [4.78, 5) is 12.7. The Hall–Kier alpha value is -2.89. The van der Waals surface area contributed by atoms with Crippen LogP contribution in [0, 0.1) is 6.92 Å². The van der Waals surface area contributed by atoms with Crippen LogP contribution in [0.25, 0.3) is 0 Å². The van der Waals surface area contributed by atoms with Crippen molar-refractivity contribution < 1.29 is 9.32 Å². The van der Waals surface area contributed by atoms with Crippen LogP contribution >= 0.6 is 0 Å². The van der Waals surface area contributed by atoms with Crippen LogP contribution in [-0.2, 0) is 6.42 Å². The Balaban J connectivity index is 1.49. The van der Waals surface area contributed by atoms with Gasteiger partial charge in [-0.1, -0.05) is 41.9 Å². The average molecular weight is 364 g/mol. The summed E-state index contributed by atoms with van der Waals surface area (Å²) in [5.74, 6) is 0.938. The van der Waals surface area contributed by atoms with Crippen LogP contribution in [0.3, 0.4) is 0 Å². The van der Waals surface area contributed by atoms with E-state index in [0.717, 1.165) is 30.6 Å². The smallest absolute Gasteiger partial charge is 0.278 e. The summed E-state index contributed by atoms with van der Waals surface area (Å²) in [6, 6.07) is 8.46. The summed E-state index contributed by atoms with van der Waals surface area (Å²) in [5, 5.41) is 11.3. The van der Waals surface area contributed by atoms with Gasteiger partial charge in [0, 0.05) is 17.7 Å². The summed E-state index contributed by atoms with van der Waals surface area (Å²) in [6.07, 6.45) is 6.49. The SMILES string of the molecule is Cc1ccc(C(C)n2cc(NC(=O)c3noc4c3CCCC4C)cn2)cc1. The Morgan fingerprint density at radius 1 is 1.33 bits per heavy atom. The number of nitrogens with one attached hydrogen (secondary N) is 1. The van der Waals surface area contributed by atoms with Gasteiger partial charge in [-0.15, -0.1) is 0 Å². The van der Waals surface area contributed by atoms with Gasteiger partial charge in [-0.05, 0) is 38.7 Å². The van der Waals surface area contributed by atoms with E-state index in [4.69, 9.17) is 4.52 Å². The molecule has 1 aliphatic carbocycles. The molecule has 2 aromatic heterocycles. The highest BCUT2D eigenvalue weighted by Gasteiger charge is 2.28. The summed E-state index contributed by atoms with van der Waals surface area (Å²) < 4.78 is 7.29. The minimum absolute atomic E-state index is 0.0805. The molecule has 6 nitrogen and oxygen atoms in total. The zero-order valence-corrected chi connectivity index (χ0v) is 15.9. The fourth-order valence-corrected chi connectivity index (χ4v) is 3.65. The molecule has 0 saturated heterocycles. The number of hydrogen-bond donors (Lipinski definition) is 1.